The van der Waals surface area contributed by atoms with Crippen molar-refractivity contribution in [1.29, 1.82) is 0 Å². The number of methoxy groups -OCH3 is 1. The average molecular weight is 536 g/mol. The number of nitrogens with zero attached hydrogens (tertiary/aromatic N) is 7. The standard InChI is InChI=1S/C29H29N9O2/c1-40-21-6-7-23-16(11-21)8-18(12-31-23)22-13-34-38-26(30)24(15-2-3-15)25(35-28(22)38)17-9-19-4-5-20(10-17)37(19)29(39)27-32-14-33-36-27/h6-8,11-15,17,19-20H,2-5,9-10,30H2,1H3,(H,32,33,36). The van der Waals surface area contributed by atoms with E-state index in [1.165, 1.54) is 6.33 Å². The van der Waals surface area contributed by atoms with Gasteiger partial charge in [-0.25, -0.2) is 9.97 Å². The molecule has 2 bridgehead atoms. The summed E-state index contributed by atoms with van der Waals surface area (Å²) in [5.41, 5.74) is 12.5. The van der Waals surface area contributed by atoms with Crippen LogP contribution in [0.15, 0.2) is 43.0 Å². The van der Waals surface area contributed by atoms with E-state index in [2.05, 4.69) is 31.3 Å². The van der Waals surface area contributed by atoms with Gasteiger partial charge in [-0.2, -0.15) is 14.7 Å². The third-order valence-electron chi connectivity index (χ3n) is 8.91. The minimum atomic E-state index is -0.0627. The maximum Gasteiger partial charge on any atom is 0.291 e. The molecule has 6 heterocycles. The SMILES string of the molecule is COc1ccc2ncc(-c3cnn4c(N)c(C5CC5)c(C5CC6CCC(C5)N6C(=O)c5ncn[nH]5)nc34)cc2c1. The van der Waals surface area contributed by atoms with Crippen LogP contribution in [-0.2, 0) is 0 Å². The van der Waals surface area contributed by atoms with Crippen molar-refractivity contribution in [3.05, 3.63) is 60.1 Å². The van der Waals surface area contributed by atoms with Crippen molar-refractivity contribution in [3.63, 3.8) is 0 Å². The van der Waals surface area contributed by atoms with Crippen LogP contribution in [0.25, 0.3) is 27.7 Å². The molecule has 11 nitrogen and oxygen atoms in total. The predicted octanol–water partition coefficient (Wildman–Crippen LogP) is 4.08. The first-order chi connectivity index (χ1) is 19.6. The summed E-state index contributed by atoms with van der Waals surface area (Å²) in [6.45, 7) is 0. The number of aromatic amines is 1. The lowest BCUT2D eigenvalue weighted by Crippen LogP contribution is -2.46. The molecule has 2 atom stereocenters. The van der Waals surface area contributed by atoms with E-state index in [9.17, 15) is 4.79 Å². The molecule has 2 saturated heterocycles. The second-order valence-corrected chi connectivity index (χ2v) is 11.2. The fourth-order valence-electron chi connectivity index (χ4n) is 6.90. The number of nitrogens with two attached hydrogens (primary N) is 1. The fraction of sp³-hybridized carbons (Fsp3) is 0.379. The Morgan fingerprint density at radius 2 is 1.88 bits per heavy atom. The molecule has 0 spiro atoms. The number of benzene rings is 1. The largest absolute Gasteiger partial charge is 0.497 e. The molecular weight excluding hydrogens is 506 g/mol. The molecule has 0 radical (unpaired) electrons. The molecular formula is C29H29N9O2. The molecule has 3 fully saturated rings. The van der Waals surface area contributed by atoms with Gasteiger partial charge in [-0.15, -0.1) is 0 Å². The maximum absolute atomic E-state index is 13.2. The number of amides is 1. The van der Waals surface area contributed by atoms with Gasteiger partial charge < -0.3 is 15.4 Å². The van der Waals surface area contributed by atoms with Gasteiger partial charge in [-0.05, 0) is 68.7 Å². The number of ether oxygens (including phenoxy) is 1. The zero-order valence-corrected chi connectivity index (χ0v) is 22.1. The van der Waals surface area contributed by atoms with Crippen molar-refractivity contribution in [3.8, 4) is 16.9 Å². The monoisotopic (exact) mass is 535 g/mol. The molecule has 1 saturated carbocycles. The van der Waals surface area contributed by atoms with Crippen molar-refractivity contribution in [2.24, 2.45) is 0 Å². The lowest BCUT2D eigenvalue weighted by molar-refractivity contribution is 0.0557. The van der Waals surface area contributed by atoms with Crippen molar-refractivity contribution < 1.29 is 9.53 Å². The van der Waals surface area contributed by atoms with Crippen LogP contribution >= 0.6 is 0 Å². The Balaban J connectivity index is 1.20. The van der Waals surface area contributed by atoms with Gasteiger partial charge in [-0.3, -0.25) is 14.9 Å². The number of aromatic nitrogens is 7. The van der Waals surface area contributed by atoms with Crippen molar-refractivity contribution >= 4 is 28.3 Å². The van der Waals surface area contributed by atoms with Crippen LogP contribution in [-0.4, -0.2) is 64.8 Å². The van der Waals surface area contributed by atoms with Crippen molar-refractivity contribution in [1.82, 2.24) is 39.7 Å². The highest BCUT2D eigenvalue weighted by atomic mass is 16.5. The Kier molecular flexibility index (Phi) is 5.10. The van der Waals surface area contributed by atoms with Crippen LogP contribution in [0.1, 0.15) is 72.2 Å². The number of carbonyl (C=O) groups is 1. The average Bonchev–Trinajstić information content (AvgIpc) is 3.36. The van der Waals surface area contributed by atoms with E-state index in [0.29, 0.717) is 17.6 Å². The van der Waals surface area contributed by atoms with Crippen molar-refractivity contribution in [2.45, 2.75) is 62.4 Å². The van der Waals surface area contributed by atoms with Gasteiger partial charge in [0.05, 0.1) is 24.5 Å². The molecule has 1 amide bonds. The number of pyridine rings is 1. The number of hydrogen-bond donors (Lipinski definition) is 2. The van der Waals surface area contributed by atoms with Gasteiger partial charge in [0.25, 0.3) is 5.91 Å². The van der Waals surface area contributed by atoms with Crippen LogP contribution in [0.5, 0.6) is 5.75 Å². The van der Waals surface area contributed by atoms with Crippen LogP contribution in [0.2, 0.25) is 0 Å². The normalized spacial score (nSPS) is 22.3. The molecule has 2 aliphatic heterocycles. The number of anilines is 1. The van der Waals surface area contributed by atoms with E-state index in [4.69, 9.17) is 15.5 Å². The molecule has 40 heavy (non-hydrogen) atoms. The van der Waals surface area contributed by atoms with Gasteiger partial charge >= 0.3 is 0 Å². The molecule has 1 aliphatic carbocycles. The summed E-state index contributed by atoms with van der Waals surface area (Å²) in [6, 6.07) is 8.25. The highest BCUT2D eigenvalue weighted by Crippen LogP contribution is 2.50. The lowest BCUT2D eigenvalue weighted by Gasteiger charge is -2.39. The molecule has 4 aromatic heterocycles. The number of nitrogens with one attached hydrogen (secondary N) is 1. The second-order valence-electron chi connectivity index (χ2n) is 11.2. The summed E-state index contributed by atoms with van der Waals surface area (Å²) in [5, 5.41) is 12.3. The third-order valence-corrected chi connectivity index (χ3v) is 8.91. The Labute approximate surface area is 229 Å². The zero-order chi connectivity index (χ0) is 27.0. The topological polar surface area (TPSA) is 140 Å². The summed E-state index contributed by atoms with van der Waals surface area (Å²) >= 11 is 0. The molecule has 3 N–H and O–H groups in total. The number of fused-ring (bicyclic) bond motifs is 4. The Bertz CT molecular complexity index is 1760. The summed E-state index contributed by atoms with van der Waals surface area (Å²) in [7, 11) is 1.66. The number of carbonyl (C=O) groups excluding carboxylic acids is 1. The van der Waals surface area contributed by atoms with Crippen LogP contribution in [0.4, 0.5) is 5.82 Å². The Hall–Kier alpha value is -4.54. The Morgan fingerprint density at radius 3 is 2.60 bits per heavy atom. The fourth-order valence-corrected chi connectivity index (χ4v) is 6.90. The predicted molar refractivity (Wildman–Crippen MR) is 148 cm³/mol. The lowest BCUT2D eigenvalue weighted by atomic mass is 9.85. The second kappa shape index (κ2) is 8.73. The third kappa shape index (κ3) is 3.56. The molecule has 5 aromatic rings. The highest BCUT2D eigenvalue weighted by molar-refractivity contribution is 5.91. The van der Waals surface area contributed by atoms with Gasteiger partial charge in [-0.1, -0.05) is 0 Å². The molecule has 2 unspecified atom stereocenters. The number of nitrogen functional groups attached to an aromatic ring is 1. The summed E-state index contributed by atoms with van der Waals surface area (Å²) < 4.78 is 7.21. The van der Waals surface area contributed by atoms with E-state index < -0.39 is 0 Å². The van der Waals surface area contributed by atoms with Gasteiger partial charge in [0, 0.05) is 46.3 Å². The van der Waals surface area contributed by atoms with Crippen molar-refractivity contribution in [2.75, 3.05) is 12.8 Å². The van der Waals surface area contributed by atoms with Crippen LogP contribution in [0.3, 0.4) is 0 Å². The first-order valence-electron chi connectivity index (χ1n) is 13.9. The van der Waals surface area contributed by atoms with Gasteiger partial charge in [0.2, 0.25) is 5.82 Å². The minimum absolute atomic E-state index is 0.0627. The number of H-pyrrole nitrogens is 1. The van der Waals surface area contributed by atoms with E-state index in [1.54, 1.807) is 11.6 Å². The summed E-state index contributed by atoms with van der Waals surface area (Å²) in [6.07, 6.45) is 11.0. The molecule has 3 aliphatic rings. The quantitative estimate of drug-likeness (QED) is 0.343. The molecule has 202 valence electrons. The van der Waals surface area contributed by atoms with E-state index >= 15 is 0 Å². The first-order valence-corrected chi connectivity index (χ1v) is 13.9. The number of hydrogen-bond acceptors (Lipinski definition) is 8. The smallest absolute Gasteiger partial charge is 0.291 e. The highest BCUT2D eigenvalue weighted by Gasteiger charge is 2.46. The summed E-state index contributed by atoms with van der Waals surface area (Å²) in [4.78, 5) is 29.3. The van der Waals surface area contributed by atoms with Crippen LogP contribution < -0.4 is 10.5 Å². The Morgan fingerprint density at radius 1 is 1.05 bits per heavy atom. The van der Waals surface area contributed by atoms with E-state index in [0.717, 1.165) is 83.2 Å². The van der Waals surface area contributed by atoms with E-state index in [-0.39, 0.29) is 23.9 Å². The van der Waals surface area contributed by atoms with Gasteiger partial charge in [0.15, 0.2) is 5.65 Å². The summed E-state index contributed by atoms with van der Waals surface area (Å²) in [5.74, 6) is 2.35. The molecule has 1 aromatic carbocycles. The number of piperidine rings is 1. The van der Waals surface area contributed by atoms with Crippen LogP contribution in [0, 0.1) is 0 Å². The number of rotatable bonds is 5. The zero-order valence-electron chi connectivity index (χ0n) is 22.1. The molecule has 8 rings (SSSR count). The molecule has 11 heteroatoms. The first kappa shape index (κ1) is 23.4. The maximum atomic E-state index is 13.2. The van der Waals surface area contributed by atoms with Gasteiger partial charge in [0.1, 0.15) is 17.9 Å². The minimum Gasteiger partial charge on any atom is -0.497 e. The van der Waals surface area contributed by atoms with E-state index in [1.807, 2.05) is 35.5 Å².